The minimum Gasteiger partial charge on any atom is -0.451 e. The minimum absolute atomic E-state index is 0.0813. The van der Waals surface area contributed by atoms with E-state index in [-0.39, 0.29) is 11.4 Å². The van der Waals surface area contributed by atoms with E-state index in [0.29, 0.717) is 12.1 Å². The van der Waals surface area contributed by atoms with Crippen LogP contribution in [-0.2, 0) is 0 Å². The van der Waals surface area contributed by atoms with Crippen molar-refractivity contribution >= 4 is 5.69 Å². The molecule has 0 N–H and O–H groups in total. The summed E-state index contributed by atoms with van der Waals surface area (Å²) in [6.07, 6.45) is 1.33. The Labute approximate surface area is 111 Å². The van der Waals surface area contributed by atoms with Crippen LogP contribution < -0.4 is 4.74 Å². The largest absolute Gasteiger partial charge is 0.451 e. The lowest BCUT2D eigenvalue weighted by molar-refractivity contribution is -0.387. The molecular formula is C12H5F2N3O3. The first-order valence-corrected chi connectivity index (χ1v) is 5.19. The van der Waals surface area contributed by atoms with Crippen LogP contribution in [0.5, 0.6) is 11.5 Å². The number of benzene rings is 1. The number of nitriles is 1. The summed E-state index contributed by atoms with van der Waals surface area (Å²) < 4.78 is 32.0. The molecule has 0 amide bonds. The van der Waals surface area contributed by atoms with Crippen molar-refractivity contribution in [3.8, 4) is 17.6 Å². The fourth-order valence-electron chi connectivity index (χ4n) is 1.41. The lowest BCUT2D eigenvalue weighted by Crippen LogP contribution is -1.98. The van der Waals surface area contributed by atoms with E-state index in [1.165, 1.54) is 18.3 Å². The third kappa shape index (κ3) is 2.51. The van der Waals surface area contributed by atoms with Gasteiger partial charge in [-0.3, -0.25) is 10.1 Å². The summed E-state index contributed by atoms with van der Waals surface area (Å²) in [6, 6.07) is 5.45. The Morgan fingerprint density at radius 2 is 2.05 bits per heavy atom. The average molecular weight is 277 g/mol. The molecule has 0 atom stereocenters. The monoisotopic (exact) mass is 277 g/mol. The maximum Gasteiger partial charge on any atom is 0.307 e. The molecule has 2 rings (SSSR count). The molecule has 0 fully saturated rings. The van der Waals surface area contributed by atoms with Crippen LogP contribution >= 0.6 is 0 Å². The summed E-state index contributed by atoms with van der Waals surface area (Å²) in [4.78, 5) is 13.1. The van der Waals surface area contributed by atoms with Gasteiger partial charge in [0.25, 0.3) is 0 Å². The Morgan fingerprint density at radius 1 is 1.30 bits per heavy atom. The second-order valence-electron chi connectivity index (χ2n) is 3.56. The highest BCUT2D eigenvalue weighted by atomic mass is 19.1. The zero-order valence-electron chi connectivity index (χ0n) is 9.71. The van der Waals surface area contributed by atoms with Gasteiger partial charge in [0.1, 0.15) is 6.07 Å². The molecule has 2 aromatic rings. The molecule has 1 heterocycles. The van der Waals surface area contributed by atoms with E-state index in [2.05, 4.69) is 4.98 Å². The third-order valence-corrected chi connectivity index (χ3v) is 2.29. The summed E-state index contributed by atoms with van der Waals surface area (Å²) in [5.74, 6) is -3.01. The highest BCUT2D eigenvalue weighted by Crippen LogP contribution is 2.30. The number of hydrogen-bond acceptors (Lipinski definition) is 5. The van der Waals surface area contributed by atoms with Gasteiger partial charge in [0.15, 0.2) is 23.0 Å². The van der Waals surface area contributed by atoms with Crippen molar-refractivity contribution < 1.29 is 18.4 Å². The standard InChI is InChI=1S/C12H5F2N3O3/c13-7-5-12(8(14)4-10(7)17(18)19)20-11-2-1-3-16-9(11)6-15/h1-5H. The number of nitro groups is 1. The Hall–Kier alpha value is -3.08. The molecule has 8 heteroatoms. The fraction of sp³-hybridized carbons (Fsp3) is 0. The van der Waals surface area contributed by atoms with Crippen LogP contribution in [0.15, 0.2) is 30.5 Å². The van der Waals surface area contributed by atoms with Crippen molar-refractivity contribution in [1.29, 1.82) is 5.26 Å². The van der Waals surface area contributed by atoms with Gasteiger partial charge in [0.05, 0.1) is 11.0 Å². The SMILES string of the molecule is N#Cc1ncccc1Oc1cc(F)c([N+](=O)[O-])cc1F. The van der Waals surface area contributed by atoms with Gasteiger partial charge in [-0.05, 0) is 12.1 Å². The van der Waals surface area contributed by atoms with Crippen LogP contribution in [0.1, 0.15) is 5.69 Å². The summed E-state index contributed by atoms with van der Waals surface area (Å²) in [5.41, 5.74) is -1.12. The van der Waals surface area contributed by atoms with Crippen molar-refractivity contribution in [3.05, 3.63) is 57.9 Å². The molecule has 1 aromatic carbocycles. The molecule has 0 unspecified atom stereocenters. The zero-order chi connectivity index (χ0) is 14.7. The smallest absolute Gasteiger partial charge is 0.307 e. The first-order valence-electron chi connectivity index (χ1n) is 5.19. The normalized spacial score (nSPS) is 9.85. The summed E-state index contributed by atoms with van der Waals surface area (Å²) in [5, 5.41) is 19.2. The number of hydrogen-bond donors (Lipinski definition) is 0. The second-order valence-corrected chi connectivity index (χ2v) is 3.56. The molecular weight excluding hydrogens is 272 g/mol. The number of halogens is 2. The number of aromatic nitrogens is 1. The maximum atomic E-state index is 13.6. The van der Waals surface area contributed by atoms with Crippen LogP contribution in [-0.4, -0.2) is 9.91 Å². The van der Waals surface area contributed by atoms with Crippen molar-refractivity contribution in [3.63, 3.8) is 0 Å². The van der Waals surface area contributed by atoms with Crippen LogP contribution in [0.2, 0.25) is 0 Å². The molecule has 20 heavy (non-hydrogen) atoms. The molecule has 0 spiro atoms. The third-order valence-electron chi connectivity index (χ3n) is 2.29. The highest BCUT2D eigenvalue weighted by molar-refractivity contribution is 5.44. The number of rotatable bonds is 3. The molecule has 0 saturated carbocycles. The van der Waals surface area contributed by atoms with Gasteiger partial charge in [-0.25, -0.2) is 9.37 Å². The lowest BCUT2D eigenvalue weighted by atomic mass is 10.2. The van der Waals surface area contributed by atoms with Gasteiger partial charge in [-0.1, -0.05) is 0 Å². The first-order chi connectivity index (χ1) is 9.52. The Bertz CT molecular complexity index is 728. The Kier molecular flexibility index (Phi) is 3.52. The molecule has 0 aliphatic carbocycles. The van der Waals surface area contributed by atoms with E-state index in [1.54, 1.807) is 6.07 Å². The summed E-state index contributed by atoms with van der Waals surface area (Å²) in [6.45, 7) is 0. The molecule has 6 nitrogen and oxygen atoms in total. The molecule has 1 aromatic heterocycles. The van der Waals surface area contributed by atoms with Gasteiger partial charge < -0.3 is 4.74 Å². The van der Waals surface area contributed by atoms with Crippen LogP contribution in [0.25, 0.3) is 0 Å². The predicted molar refractivity (Wildman–Crippen MR) is 62.0 cm³/mol. The van der Waals surface area contributed by atoms with E-state index < -0.39 is 28.0 Å². The van der Waals surface area contributed by atoms with E-state index in [1.807, 2.05) is 0 Å². The van der Waals surface area contributed by atoms with E-state index in [0.717, 1.165) is 0 Å². The molecule has 0 saturated heterocycles. The fourth-order valence-corrected chi connectivity index (χ4v) is 1.41. The van der Waals surface area contributed by atoms with Crippen molar-refractivity contribution in [2.24, 2.45) is 0 Å². The van der Waals surface area contributed by atoms with Gasteiger partial charge in [-0.15, -0.1) is 0 Å². The number of nitro benzene ring substituents is 1. The van der Waals surface area contributed by atoms with Gasteiger partial charge >= 0.3 is 5.69 Å². The quantitative estimate of drug-likeness (QED) is 0.635. The number of ether oxygens (including phenoxy) is 1. The van der Waals surface area contributed by atoms with E-state index >= 15 is 0 Å². The number of pyridine rings is 1. The predicted octanol–water partition coefficient (Wildman–Crippen LogP) is 2.93. The molecule has 0 aliphatic rings. The highest BCUT2D eigenvalue weighted by Gasteiger charge is 2.20. The molecule has 100 valence electrons. The summed E-state index contributed by atoms with van der Waals surface area (Å²) >= 11 is 0. The van der Waals surface area contributed by atoms with Crippen LogP contribution in [0, 0.1) is 33.1 Å². The summed E-state index contributed by atoms with van der Waals surface area (Å²) in [7, 11) is 0. The number of nitrogens with zero attached hydrogens (tertiary/aromatic N) is 3. The maximum absolute atomic E-state index is 13.6. The topological polar surface area (TPSA) is 89.0 Å². The lowest BCUT2D eigenvalue weighted by Gasteiger charge is -2.07. The van der Waals surface area contributed by atoms with Gasteiger partial charge in [-0.2, -0.15) is 9.65 Å². The zero-order valence-corrected chi connectivity index (χ0v) is 9.71. The van der Waals surface area contributed by atoms with Crippen molar-refractivity contribution in [2.45, 2.75) is 0 Å². The van der Waals surface area contributed by atoms with Crippen molar-refractivity contribution in [1.82, 2.24) is 4.98 Å². The van der Waals surface area contributed by atoms with E-state index in [4.69, 9.17) is 10.00 Å². The van der Waals surface area contributed by atoms with Crippen molar-refractivity contribution in [2.75, 3.05) is 0 Å². The molecule has 0 bridgehead atoms. The van der Waals surface area contributed by atoms with Crippen LogP contribution in [0.4, 0.5) is 14.5 Å². The van der Waals surface area contributed by atoms with Crippen LogP contribution in [0.3, 0.4) is 0 Å². The average Bonchev–Trinajstić information content (AvgIpc) is 2.42. The molecule has 0 aliphatic heterocycles. The Balaban J connectivity index is 2.43. The van der Waals surface area contributed by atoms with E-state index in [9.17, 15) is 18.9 Å². The minimum atomic E-state index is -1.24. The first kappa shape index (κ1) is 13.4. The van der Waals surface area contributed by atoms with Gasteiger partial charge in [0.2, 0.25) is 5.82 Å². The molecule has 0 radical (unpaired) electrons. The van der Waals surface area contributed by atoms with Gasteiger partial charge in [0, 0.05) is 12.3 Å². The second kappa shape index (κ2) is 5.27. The Morgan fingerprint density at radius 3 is 2.70 bits per heavy atom.